The van der Waals surface area contributed by atoms with Crippen molar-refractivity contribution in [3.63, 3.8) is 0 Å². The van der Waals surface area contributed by atoms with Crippen LogP contribution in [0.25, 0.3) is 66.1 Å². The molecule has 260 valence electrons. The second-order valence-corrected chi connectivity index (χ2v) is 14.0. The van der Waals surface area contributed by atoms with Crippen LogP contribution in [0, 0.1) is 19.1 Å². The molecule has 55 heavy (non-hydrogen) atoms. The fourth-order valence-electron chi connectivity index (χ4n) is 7.88. The van der Waals surface area contributed by atoms with E-state index in [-0.39, 0.29) is 0 Å². The number of hydrogen-bond donors (Lipinski definition) is 0. The van der Waals surface area contributed by atoms with E-state index in [1.165, 1.54) is 43.8 Å². The van der Waals surface area contributed by atoms with Crippen molar-refractivity contribution >= 4 is 44.1 Å². The van der Waals surface area contributed by atoms with Crippen molar-refractivity contribution in [1.29, 1.82) is 0 Å². The van der Waals surface area contributed by atoms with Gasteiger partial charge in [0.2, 0.25) is 0 Å². The molecular formula is C52H37N3. The third-order valence-electron chi connectivity index (χ3n) is 10.7. The van der Waals surface area contributed by atoms with Crippen LogP contribution in [0.1, 0.15) is 34.7 Å². The molecule has 9 rings (SSSR count). The zero-order valence-electron chi connectivity index (χ0n) is 30.8. The number of rotatable bonds is 8. The van der Waals surface area contributed by atoms with Gasteiger partial charge in [0.05, 0.1) is 23.2 Å². The third kappa shape index (κ3) is 6.35. The number of nitrogens with zero attached hydrogens (tertiary/aromatic N) is 3. The first-order valence-corrected chi connectivity index (χ1v) is 18.6. The fourth-order valence-corrected chi connectivity index (χ4v) is 7.88. The summed E-state index contributed by atoms with van der Waals surface area (Å²) in [6.07, 6.45) is 14.0. The van der Waals surface area contributed by atoms with Crippen molar-refractivity contribution in [3.05, 3.63) is 211 Å². The number of hydrogen-bond acceptors (Lipinski definition) is 3. The van der Waals surface area contributed by atoms with E-state index in [1.807, 2.05) is 37.5 Å². The Balaban J connectivity index is 1.12. The number of pyridine rings is 1. The Labute approximate surface area is 322 Å². The van der Waals surface area contributed by atoms with Crippen molar-refractivity contribution in [2.75, 3.05) is 0 Å². The van der Waals surface area contributed by atoms with E-state index in [4.69, 9.17) is 4.99 Å². The Morgan fingerprint density at radius 1 is 0.673 bits per heavy atom. The topological polar surface area (TPSA) is 38.1 Å². The summed E-state index contributed by atoms with van der Waals surface area (Å²) in [4.78, 5) is 14.0. The Hall–Kier alpha value is -7.15. The molecule has 0 fully saturated rings. The van der Waals surface area contributed by atoms with E-state index >= 15 is 0 Å². The van der Waals surface area contributed by atoms with Crippen LogP contribution >= 0.6 is 0 Å². The lowest BCUT2D eigenvalue weighted by atomic mass is 9.86. The molecule has 0 N–H and O–H groups in total. The molecular weight excluding hydrogens is 667 g/mol. The van der Waals surface area contributed by atoms with Gasteiger partial charge in [-0.15, -0.1) is 0 Å². The van der Waals surface area contributed by atoms with Crippen molar-refractivity contribution < 1.29 is 0 Å². The van der Waals surface area contributed by atoms with Crippen molar-refractivity contribution in [2.45, 2.75) is 20.3 Å². The quantitative estimate of drug-likeness (QED) is 0.117. The molecule has 3 nitrogen and oxygen atoms in total. The van der Waals surface area contributed by atoms with Gasteiger partial charge in [0.25, 0.3) is 0 Å². The van der Waals surface area contributed by atoms with E-state index in [0.29, 0.717) is 0 Å². The highest BCUT2D eigenvalue weighted by molar-refractivity contribution is 6.16. The van der Waals surface area contributed by atoms with Crippen LogP contribution < -0.4 is 0 Å². The standard InChI is InChI=1S/C52H37N3/c1-4-36(41-14-10-26-53-32-41)21-20-34(2)37-22-24-38(25-23-37)50-31-44-29-43(51-35(3)45-16-5-6-17-46(45)47-18-7-8-19-48(47)51)30-49(52(44)55-50)40-13-9-12-39(28-40)42-15-11-27-54-33-42/h4-9,11-13,15-30,32-33H,2,31H2,1,3H3/b21-20-,36-4+. The first-order valence-electron chi connectivity index (χ1n) is 18.6. The van der Waals surface area contributed by atoms with Crippen LogP contribution in [0.5, 0.6) is 0 Å². The molecule has 0 saturated heterocycles. The minimum atomic E-state index is 0.743. The lowest BCUT2D eigenvalue weighted by molar-refractivity contribution is 1.32. The predicted octanol–water partition coefficient (Wildman–Crippen LogP) is 13.0. The maximum Gasteiger partial charge on any atom is 0.0770 e. The van der Waals surface area contributed by atoms with E-state index in [0.717, 1.165) is 67.9 Å². The molecule has 0 unspecified atom stereocenters. The Bertz CT molecular complexity index is 2840. The van der Waals surface area contributed by atoms with Crippen molar-refractivity contribution in [1.82, 2.24) is 9.97 Å². The Morgan fingerprint density at radius 3 is 2.16 bits per heavy atom. The molecule has 3 heterocycles. The minimum Gasteiger partial charge on any atom is -0.264 e. The van der Waals surface area contributed by atoms with E-state index in [9.17, 15) is 0 Å². The average molecular weight is 704 g/mol. The first-order chi connectivity index (χ1) is 27.1. The van der Waals surface area contributed by atoms with Gasteiger partial charge in [-0.05, 0) is 121 Å². The normalized spacial score (nSPS) is 12.5. The molecule has 0 atom stereocenters. The molecule has 0 spiro atoms. The average Bonchev–Trinajstić information content (AvgIpc) is 3.69. The second-order valence-electron chi connectivity index (χ2n) is 14.0. The van der Waals surface area contributed by atoms with Crippen LogP contribution in [0.15, 0.2) is 176 Å². The Kier molecular flexibility index (Phi) is 8.78. The van der Waals surface area contributed by atoms with Gasteiger partial charge in [-0.25, -0.2) is 0 Å². The number of aliphatic imine (C=N–C) groups is 1. The molecule has 2 aromatic heterocycles. The summed E-state index contributed by atoms with van der Waals surface area (Å²) in [5, 5.41) is 5.09. The monoisotopic (exact) mass is 703 g/mol. The molecule has 0 radical (unpaired) electrons. The van der Waals surface area contributed by atoms with Crippen LogP contribution in [0.3, 0.4) is 0 Å². The lowest BCUT2D eigenvalue weighted by Gasteiger charge is -2.18. The highest BCUT2D eigenvalue weighted by Gasteiger charge is 2.24. The first kappa shape index (κ1) is 33.7. The van der Waals surface area contributed by atoms with Crippen LogP contribution in [-0.4, -0.2) is 15.7 Å². The van der Waals surface area contributed by atoms with Gasteiger partial charge in [-0.2, -0.15) is 0 Å². The molecule has 8 aromatic rings. The Morgan fingerprint density at radius 2 is 1.42 bits per heavy atom. The summed E-state index contributed by atoms with van der Waals surface area (Å²) in [5.74, 6) is 0. The van der Waals surface area contributed by atoms with Crippen molar-refractivity contribution in [3.8, 4) is 33.4 Å². The van der Waals surface area contributed by atoms with Gasteiger partial charge in [0.15, 0.2) is 0 Å². The number of aryl methyl sites for hydroxylation is 1. The summed E-state index contributed by atoms with van der Waals surface area (Å²) in [7, 11) is 0. The molecule has 0 saturated carbocycles. The largest absolute Gasteiger partial charge is 0.264 e. The molecule has 3 heteroatoms. The summed E-state index contributed by atoms with van der Waals surface area (Å²) < 4.78 is 0. The summed E-state index contributed by atoms with van der Waals surface area (Å²) in [6, 6.07) is 49.9. The fraction of sp³-hybridized carbons (Fsp3) is 0.0577. The van der Waals surface area contributed by atoms with Gasteiger partial charge >= 0.3 is 0 Å². The van der Waals surface area contributed by atoms with Crippen LogP contribution in [-0.2, 0) is 6.42 Å². The molecule has 6 aromatic carbocycles. The van der Waals surface area contributed by atoms with Gasteiger partial charge in [0, 0.05) is 36.1 Å². The van der Waals surface area contributed by atoms with Crippen LogP contribution in [0.4, 0.5) is 5.69 Å². The number of allylic oxidation sites excluding steroid dienone is 5. The molecule has 0 amide bonds. The molecule has 0 aliphatic carbocycles. The number of fused-ring (bicyclic) bond motifs is 4. The third-order valence-corrected chi connectivity index (χ3v) is 10.7. The SMILES string of the molecule is C=C(/C=C\C(=C/C)c1c#ccnc1)c1ccc(C2=Nc3c(cc(-c4c(C)c5ccccc5c5ccccc45)cc3-c3cccc(-c4cccnc4)c3)C2)cc1. The number of aromatic nitrogens is 2. The lowest BCUT2D eigenvalue weighted by Crippen LogP contribution is -2.00. The maximum atomic E-state index is 5.40. The number of benzene rings is 6. The van der Waals surface area contributed by atoms with Gasteiger partial charge in [-0.3, -0.25) is 15.0 Å². The maximum absolute atomic E-state index is 5.40. The summed E-state index contributed by atoms with van der Waals surface area (Å²) in [6.45, 7) is 8.64. The molecule has 1 aliphatic heterocycles. The van der Waals surface area contributed by atoms with Gasteiger partial charge in [0.1, 0.15) is 0 Å². The van der Waals surface area contributed by atoms with Crippen molar-refractivity contribution in [2.24, 2.45) is 4.99 Å². The minimum absolute atomic E-state index is 0.743. The summed E-state index contributed by atoms with van der Waals surface area (Å²) in [5.41, 5.74) is 16.6. The molecule has 0 bridgehead atoms. The smallest absolute Gasteiger partial charge is 0.0770 e. The predicted molar refractivity (Wildman–Crippen MR) is 230 cm³/mol. The van der Waals surface area contributed by atoms with Gasteiger partial charge < -0.3 is 0 Å². The van der Waals surface area contributed by atoms with E-state index < -0.39 is 0 Å². The second kappa shape index (κ2) is 14.3. The zero-order chi connectivity index (χ0) is 37.3. The highest BCUT2D eigenvalue weighted by Crippen LogP contribution is 2.46. The summed E-state index contributed by atoms with van der Waals surface area (Å²) >= 11 is 0. The molecule has 1 aliphatic rings. The van der Waals surface area contributed by atoms with Crippen LogP contribution in [0.2, 0.25) is 0 Å². The highest BCUT2D eigenvalue weighted by atomic mass is 14.8. The van der Waals surface area contributed by atoms with E-state index in [2.05, 4.69) is 157 Å². The zero-order valence-corrected chi connectivity index (χ0v) is 30.8. The van der Waals surface area contributed by atoms with E-state index in [1.54, 1.807) is 12.4 Å². The van der Waals surface area contributed by atoms with Gasteiger partial charge in [-0.1, -0.05) is 128 Å².